The minimum Gasteiger partial charge on any atom is -0.459 e. The Bertz CT molecular complexity index is 267. The average Bonchev–Trinajstić information content (AvgIpc) is 2.39. The SMILES string of the molecule is C=C(C)C(=O)OC(CC)CC[Si](OC)(OC)OC. The van der Waals surface area contributed by atoms with Crippen LogP contribution in [0.2, 0.25) is 6.04 Å². The summed E-state index contributed by atoms with van der Waals surface area (Å²) in [6, 6.07) is 0.610. The minimum atomic E-state index is -2.59. The predicted molar refractivity (Wildman–Crippen MR) is 71.2 cm³/mol. The van der Waals surface area contributed by atoms with E-state index < -0.39 is 8.80 Å². The van der Waals surface area contributed by atoms with Crippen LogP contribution in [-0.4, -0.2) is 42.2 Å². The zero-order chi connectivity index (χ0) is 14.2. The first kappa shape index (κ1) is 17.3. The number of esters is 1. The summed E-state index contributed by atoms with van der Waals surface area (Å²) in [6.07, 6.45) is 1.22. The van der Waals surface area contributed by atoms with E-state index in [4.69, 9.17) is 18.0 Å². The Hall–Kier alpha value is -0.693. The first-order valence-electron chi connectivity index (χ1n) is 5.96. The van der Waals surface area contributed by atoms with E-state index in [-0.39, 0.29) is 12.1 Å². The Labute approximate surface area is 110 Å². The van der Waals surface area contributed by atoms with E-state index in [0.717, 1.165) is 6.42 Å². The molecule has 0 spiro atoms. The number of hydrogen-bond donors (Lipinski definition) is 0. The third-order valence-electron chi connectivity index (χ3n) is 2.78. The normalized spacial score (nSPS) is 13.2. The maximum absolute atomic E-state index is 11.4. The molecule has 0 aliphatic rings. The van der Waals surface area contributed by atoms with Crippen molar-refractivity contribution in [3.63, 3.8) is 0 Å². The number of carbonyl (C=O) groups excluding carboxylic acids is 1. The van der Waals surface area contributed by atoms with Gasteiger partial charge in [-0.25, -0.2) is 4.79 Å². The second kappa shape index (κ2) is 8.42. The van der Waals surface area contributed by atoms with Crippen molar-refractivity contribution in [2.75, 3.05) is 21.3 Å². The zero-order valence-electron chi connectivity index (χ0n) is 11.9. The van der Waals surface area contributed by atoms with E-state index in [9.17, 15) is 4.79 Å². The van der Waals surface area contributed by atoms with Gasteiger partial charge in [0.25, 0.3) is 0 Å². The molecule has 1 unspecified atom stereocenters. The fourth-order valence-electron chi connectivity index (χ4n) is 1.49. The highest BCUT2D eigenvalue weighted by Gasteiger charge is 2.38. The van der Waals surface area contributed by atoms with Crippen LogP contribution in [0, 0.1) is 0 Å². The van der Waals surface area contributed by atoms with Gasteiger partial charge in [-0.3, -0.25) is 0 Å². The van der Waals surface area contributed by atoms with Gasteiger partial charge in [0.2, 0.25) is 0 Å². The van der Waals surface area contributed by atoms with Crippen LogP contribution < -0.4 is 0 Å². The Morgan fingerprint density at radius 1 is 1.22 bits per heavy atom. The molecule has 6 heteroatoms. The van der Waals surface area contributed by atoms with Gasteiger partial charge >= 0.3 is 14.8 Å². The molecule has 0 amide bonds. The van der Waals surface area contributed by atoms with Gasteiger partial charge < -0.3 is 18.0 Å². The summed E-state index contributed by atoms with van der Waals surface area (Å²) >= 11 is 0. The molecule has 0 bridgehead atoms. The smallest absolute Gasteiger partial charge is 0.459 e. The van der Waals surface area contributed by atoms with E-state index >= 15 is 0 Å². The lowest BCUT2D eigenvalue weighted by atomic mass is 10.2. The lowest BCUT2D eigenvalue weighted by molar-refractivity contribution is -0.144. The maximum atomic E-state index is 11.4. The van der Waals surface area contributed by atoms with Crippen LogP contribution in [0.15, 0.2) is 12.2 Å². The van der Waals surface area contributed by atoms with E-state index in [1.165, 1.54) is 0 Å². The quantitative estimate of drug-likeness (QED) is 0.367. The molecule has 0 heterocycles. The summed E-state index contributed by atoms with van der Waals surface area (Å²) in [5, 5.41) is 0. The molecule has 0 aliphatic carbocycles. The molecule has 1 atom stereocenters. The first-order valence-corrected chi connectivity index (χ1v) is 7.89. The summed E-state index contributed by atoms with van der Waals surface area (Å²) < 4.78 is 21.3. The molecular formula is C12H24O5Si. The number of rotatable bonds is 9. The third-order valence-corrected chi connectivity index (χ3v) is 5.55. The van der Waals surface area contributed by atoms with Crippen molar-refractivity contribution in [2.24, 2.45) is 0 Å². The Kier molecular flexibility index (Phi) is 8.09. The highest BCUT2D eigenvalue weighted by Crippen LogP contribution is 2.19. The highest BCUT2D eigenvalue weighted by atomic mass is 28.4. The molecule has 0 rings (SSSR count). The monoisotopic (exact) mass is 276 g/mol. The van der Waals surface area contributed by atoms with Crippen molar-refractivity contribution in [2.45, 2.75) is 38.8 Å². The van der Waals surface area contributed by atoms with Crippen molar-refractivity contribution < 1.29 is 22.8 Å². The highest BCUT2D eigenvalue weighted by molar-refractivity contribution is 6.60. The van der Waals surface area contributed by atoms with Crippen LogP contribution in [0.25, 0.3) is 0 Å². The van der Waals surface area contributed by atoms with Gasteiger partial charge in [-0.1, -0.05) is 13.5 Å². The summed E-state index contributed by atoms with van der Waals surface area (Å²) in [6.45, 7) is 7.16. The van der Waals surface area contributed by atoms with E-state index in [1.807, 2.05) is 6.92 Å². The third kappa shape index (κ3) is 5.30. The van der Waals surface area contributed by atoms with Gasteiger partial charge in [0, 0.05) is 32.9 Å². The lowest BCUT2D eigenvalue weighted by Gasteiger charge is -2.26. The summed E-state index contributed by atoms with van der Waals surface area (Å²) in [5.41, 5.74) is 0.405. The van der Waals surface area contributed by atoms with Crippen molar-refractivity contribution in [1.29, 1.82) is 0 Å². The van der Waals surface area contributed by atoms with Crippen molar-refractivity contribution in [3.8, 4) is 0 Å². The van der Waals surface area contributed by atoms with E-state index in [0.29, 0.717) is 18.0 Å². The second-order valence-electron chi connectivity index (χ2n) is 4.05. The molecule has 0 fully saturated rings. The molecular weight excluding hydrogens is 252 g/mol. The van der Waals surface area contributed by atoms with Crippen LogP contribution in [-0.2, 0) is 22.8 Å². The van der Waals surface area contributed by atoms with Crippen molar-refractivity contribution in [1.82, 2.24) is 0 Å². The molecule has 0 aromatic rings. The van der Waals surface area contributed by atoms with Crippen molar-refractivity contribution >= 4 is 14.8 Å². The van der Waals surface area contributed by atoms with E-state index in [2.05, 4.69) is 6.58 Å². The molecule has 0 saturated carbocycles. The molecule has 106 valence electrons. The topological polar surface area (TPSA) is 54.0 Å². The van der Waals surface area contributed by atoms with Crippen molar-refractivity contribution in [3.05, 3.63) is 12.2 Å². The van der Waals surface area contributed by atoms with Crippen LogP contribution in [0.3, 0.4) is 0 Å². The van der Waals surface area contributed by atoms with Crippen LogP contribution in [0.4, 0.5) is 0 Å². The predicted octanol–water partition coefficient (Wildman–Crippen LogP) is 2.15. The first-order chi connectivity index (χ1) is 8.44. The van der Waals surface area contributed by atoms with Gasteiger partial charge in [-0.2, -0.15) is 0 Å². The van der Waals surface area contributed by atoms with Crippen LogP contribution in [0.5, 0.6) is 0 Å². The van der Waals surface area contributed by atoms with Gasteiger partial charge in [0.05, 0.1) is 0 Å². The molecule has 0 aliphatic heterocycles. The molecule has 0 saturated heterocycles. The fraction of sp³-hybridized carbons (Fsp3) is 0.750. The van der Waals surface area contributed by atoms with E-state index in [1.54, 1.807) is 28.3 Å². The average molecular weight is 276 g/mol. The van der Waals surface area contributed by atoms with Crippen LogP contribution in [0.1, 0.15) is 26.7 Å². The van der Waals surface area contributed by atoms with Gasteiger partial charge in [-0.15, -0.1) is 0 Å². The number of carbonyl (C=O) groups is 1. The number of hydrogen-bond acceptors (Lipinski definition) is 5. The molecule has 0 aromatic carbocycles. The summed E-state index contributed by atoms with van der Waals surface area (Å²) in [7, 11) is 2.12. The van der Waals surface area contributed by atoms with Gasteiger partial charge in [-0.05, 0) is 19.8 Å². The Morgan fingerprint density at radius 3 is 2.06 bits per heavy atom. The largest absolute Gasteiger partial charge is 0.500 e. The standard InChI is InChI=1S/C12H24O5Si/c1-7-11(17-12(13)10(2)3)8-9-18(14-4,15-5)16-6/h11H,2,7-9H2,1,3-6H3. The zero-order valence-corrected chi connectivity index (χ0v) is 12.9. The number of ether oxygens (including phenoxy) is 1. The molecule has 0 aromatic heterocycles. The Morgan fingerprint density at radius 2 is 1.72 bits per heavy atom. The van der Waals surface area contributed by atoms with Gasteiger partial charge in [0.1, 0.15) is 6.10 Å². The molecule has 0 N–H and O–H groups in total. The molecule has 5 nitrogen and oxygen atoms in total. The Balaban J connectivity index is 4.37. The summed E-state index contributed by atoms with van der Waals surface area (Å²) in [4.78, 5) is 11.4. The maximum Gasteiger partial charge on any atom is 0.500 e. The molecule has 18 heavy (non-hydrogen) atoms. The second-order valence-corrected chi connectivity index (χ2v) is 7.14. The lowest BCUT2D eigenvalue weighted by Crippen LogP contribution is -2.43. The van der Waals surface area contributed by atoms with Crippen LogP contribution >= 0.6 is 0 Å². The fourth-order valence-corrected chi connectivity index (χ4v) is 3.28. The van der Waals surface area contributed by atoms with Gasteiger partial charge in [0.15, 0.2) is 0 Å². The summed E-state index contributed by atoms with van der Waals surface area (Å²) in [5.74, 6) is -0.360. The molecule has 0 radical (unpaired) electrons. The minimum absolute atomic E-state index is 0.165.